The minimum atomic E-state index is -0.582. The molecule has 1 spiro atoms. The molecule has 0 radical (unpaired) electrons. The Morgan fingerprint density at radius 2 is 2.20 bits per heavy atom. The first-order chi connectivity index (χ1) is 7.04. The van der Waals surface area contributed by atoms with Crippen molar-refractivity contribution in [1.82, 2.24) is 10.6 Å². The lowest BCUT2D eigenvalue weighted by molar-refractivity contribution is -0.125. The molecular formula is C11H18N2O2. The molecule has 1 heterocycles. The molecule has 4 heteroatoms. The summed E-state index contributed by atoms with van der Waals surface area (Å²) in [5, 5.41) is 5.20. The van der Waals surface area contributed by atoms with E-state index in [0.29, 0.717) is 11.8 Å². The fraction of sp³-hybridized carbons (Fsp3) is 0.818. The highest BCUT2D eigenvalue weighted by molar-refractivity contribution is 6.07. The van der Waals surface area contributed by atoms with Crippen LogP contribution in [0.5, 0.6) is 0 Å². The summed E-state index contributed by atoms with van der Waals surface area (Å²) in [5.41, 5.74) is -0.582. The first kappa shape index (κ1) is 10.5. The highest BCUT2D eigenvalue weighted by Gasteiger charge is 2.53. The maximum Gasteiger partial charge on any atom is 0.322 e. The van der Waals surface area contributed by atoms with Crippen LogP contribution in [-0.2, 0) is 4.79 Å². The predicted molar refractivity (Wildman–Crippen MR) is 56.2 cm³/mol. The van der Waals surface area contributed by atoms with Gasteiger partial charge in [-0.3, -0.25) is 10.1 Å². The standard InChI is InChI=1S/C11H18N2O2/c1-7(2)6-8-4-3-5-11(8)9(14)12-10(15)13-11/h7-8H,3-6H2,1-2H3,(H2,12,13,14,15). The van der Waals surface area contributed by atoms with Gasteiger partial charge in [0.05, 0.1) is 0 Å². The largest absolute Gasteiger partial charge is 0.323 e. The van der Waals surface area contributed by atoms with Crippen LogP contribution in [-0.4, -0.2) is 17.5 Å². The van der Waals surface area contributed by atoms with E-state index in [1.165, 1.54) is 0 Å². The molecule has 4 nitrogen and oxygen atoms in total. The van der Waals surface area contributed by atoms with Crippen LogP contribution in [0.4, 0.5) is 4.79 Å². The van der Waals surface area contributed by atoms with Crippen molar-refractivity contribution in [3.8, 4) is 0 Å². The molecule has 2 aliphatic rings. The maximum atomic E-state index is 11.8. The molecule has 15 heavy (non-hydrogen) atoms. The minimum absolute atomic E-state index is 0.115. The van der Waals surface area contributed by atoms with Crippen LogP contribution in [0.2, 0.25) is 0 Å². The zero-order valence-corrected chi connectivity index (χ0v) is 9.30. The molecular weight excluding hydrogens is 192 g/mol. The van der Waals surface area contributed by atoms with Crippen LogP contribution >= 0.6 is 0 Å². The van der Waals surface area contributed by atoms with Gasteiger partial charge in [0.2, 0.25) is 0 Å². The molecule has 2 fully saturated rings. The van der Waals surface area contributed by atoms with Gasteiger partial charge in [-0.05, 0) is 31.1 Å². The molecule has 3 amide bonds. The van der Waals surface area contributed by atoms with Gasteiger partial charge in [0.15, 0.2) is 0 Å². The van der Waals surface area contributed by atoms with E-state index in [9.17, 15) is 9.59 Å². The van der Waals surface area contributed by atoms with Crippen molar-refractivity contribution in [2.24, 2.45) is 11.8 Å². The van der Waals surface area contributed by atoms with Gasteiger partial charge in [0.1, 0.15) is 5.54 Å². The Kier molecular flexibility index (Phi) is 2.44. The van der Waals surface area contributed by atoms with E-state index in [0.717, 1.165) is 25.7 Å². The smallest absolute Gasteiger partial charge is 0.322 e. The average molecular weight is 210 g/mol. The number of nitrogens with one attached hydrogen (secondary N) is 2. The zero-order chi connectivity index (χ0) is 11.1. The summed E-state index contributed by atoms with van der Waals surface area (Å²) in [5.74, 6) is 0.759. The lowest BCUT2D eigenvalue weighted by atomic mass is 9.81. The summed E-state index contributed by atoms with van der Waals surface area (Å²) in [4.78, 5) is 23.0. The Balaban J connectivity index is 2.18. The molecule has 84 valence electrons. The number of rotatable bonds is 2. The fourth-order valence-electron chi connectivity index (χ4n) is 2.93. The van der Waals surface area contributed by atoms with Crippen molar-refractivity contribution < 1.29 is 9.59 Å². The Labute approximate surface area is 89.8 Å². The molecule has 1 aliphatic carbocycles. The highest BCUT2D eigenvalue weighted by atomic mass is 16.2. The Morgan fingerprint density at radius 3 is 2.73 bits per heavy atom. The van der Waals surface area contributed by atoms with Crippen molar-refractivity contribution in [1.29, 1.82) is 0 Å². The van der Waals surface area contributed by atoms with Crippen molar-refractivity contribution in [3.05, 3.63) is 0 Å². The monoisotopic (exact) mass is 210 g/mol. The van der Waals surface area contributed by atoms with E-state index >= 15 is 0 Å². The van der Waals surface area contributed by atoms with Gasteiger partial charge in [-0.2, -0.15) is 0 Å². The summed E-state index contributed by atoms with van der Waals surface area (Å²) in [6.45, 7) is 4.31. The van der Waals surface area contributed by atoms with Crippen LogP contribution in [0.25, 0.3) is 0 Å². The Hall–Kier alpha value is -1.06. The number of carbonyl (C=O) groups excluding carboxylic acids is 2. The summed E-state index contributed by atoms with van der Waals surface area (Å²) >= 11 is 0. The van der Waals surface area contributed by atoms with Gasteiger partial charge in [-0.15, -0.1) is 0 Å². The average Bonchev–Trinajstić information content (AvgIpc) is 2.60. The van der Waals surface area contributed by atoms with Crippen LogP contribution in [0.3, 0.4) is 0 Å². The Bertz CT molecular complexity index is 301. The van der Waals surface area contributed by atoms with E-state index < -0.39 is 5.54 Å². The molecule has 1 aliphatic heterocycles. The lowest BCUT2D eigenvalue weighted by Gasteiger charge is -2.29. The molecule has 2 atom stereocenters. The molecule has 0 aromatic rings. The minimum Gasteiger partial charge on any atom is -0.323 e. The van der Waals surface area contributed by atoms with Crippen molar-refractivity contribution >= 4 is 11.9 Å². The van der Waals surface area contributed by atoms with Crippen molar-refractivity contribution in [3.63, 3.8) is 0 Å². The van der Waals surface area contributed by atoms with Gasteiger partial charge < -0.3 is 5.32 Å². The van der Waals surface area contributed by atoms with Crippen LogP contribution in [0.15, 0.2) is 0 Å². The third kappa shape index (κ3) is 1.62. The first-order valence-electron chi connectivity index (χ1n) is 5.68. The topological polar surface area (TPSA) is 58.2 Å². The third-order valence-corrected chi connectivity index (χ3v) is 3.55. The van der Waals surface area contributed by atoms with Gasteiger partial charge in [0.25, 0.3) is 5.91 Å². The van der Waals surface area contributed by atoms with Crippen molar-refractivity contribution in [2.75, 3.05) is 0 Å². The van der Waals surface area contributed by atoms with Gasteiger partial charge >= 0.3 is 6.03 Å². The summed E-state index contributed by atoms with van der Waals surface area (Å²) in [6, 6.07) is -0.323. The van der Waals surface area contributed by atoms with Crippen LogP contribution in [0.1, 0.15) is 39.5 Å². The van der Waals surface area contributed by atoms with Gasteiger partial charge in [-0.1, -0.05) is 20.3 Å². The second-order valence-corrected chi connectivity index (χ2v) is 5.10. The normalized spacial score (nSPS) is 35.0. The maximum absolute atomic E-state index is 11.8. The van der Waals surface area contributed by atoms with E-state index in [1.807, 2.05) is 0 Å². The molecule has 2 N–H and O–H groups in total. The molecule has 0 aromatic carbocycles. The highest BCUT2D eigenvalue weighted by Crippen LogP contribution is 2.41. The zero-order valence-electron chi connectivity index (χ0n) is 9.30. The number of hydrogen-bond donors (Lipinski definition) is 2. The predicted octanol–water partition coefficient (Wildman–Crippen LogP) is 1.41. The molecule has 1 saturated carbocycles. The number of hydrogen-bond acceptors (Lipinski definition) is 2. The van der Waals surface area contributed by atoms with E-state index in [1.54, 1.807) is 0 Å². The number of carbonyl (C=O) groups is 2. The van der Waals surface area contributed by atoms with Gasteiger partial charge in [0, 0.05) is 0 Å². The van der Waals surface area contributed by atoms with Crippen LogP contribution < -0.4 is 10.6 Å². The summed E-state index contributed by atoms with van der Waals surface area (Å²) in [7, 11) is 0. The second kappa shape index (κ2) is 3.51. The quantitative estimate of drug-likeness (QED) is 0.677. The Morgan fingerprint density at radius 1 is 1.47 bits per heavy atom. The SMILES string of the molecule is CC(C)CC1CCCC12NC(=O)NC2=O. The van der Waals surface area contributed by atoms with E-state index in [2.05, 4.69) is 24.5 Å². The van der Waals surface area contributed by atoms with E-state index in [-0.39, 0.29) is 11.9 Å². The second-order valence-electron chi connectivity index (χ2n) is 5.10. The lowest BCUT2D eigenvalue weighted by Crippen LogP contribution is -2.50. The molecule has 0 aromatic heterocycles. The fourth-order valence-corrected chi connectivity index (χ4v) is 2.93. The molecule has 0 bridgehead atoms. The number of imide groups is 1. The van der Waals surface area contributed by atoms with Gasteiger partial charge in [-0.25, -0.2) is 4.79 Å². The molecule has 2 unspecified atom stereocenters. The number of urea groups is 1. The molecule has 2 rings (SSSR count). The summed E-state index contributed by atoms with van der Waals surface area (Å²) in [6.07, 6.45) is 3.88. The summed E-state index contributed by atoms with van der Waals surface area (Å²) < 4.78 is 0. The third-order valence-electron chi connectivity index (χ3n) is 3.55. The number of amides is 3. The first-order valence-corrected chi connectivity index (χ1v) is 5.68. The van der Waals surface area contributed by atoms with Crippen molar-refractivity contribution in [2.45, 2.75) is 45.1 Å². The van der Waals surface area contributed by atoms with E-state index in [4.69, 9.17) is 0 Å². The molecule has 1 saturated heterocycles. The van der Waals surface area contributed by atoms with Crippen LogP contribution in [0, 0.1) is 11.8 Å².